The van der Waals surface area contributed by atoms with Crippen LogP contribution >= 0.6 is 0 Å². The number of nitrogens with one attached hydrogen (secondary N) is 1. The molecule has 1 aromatic heterocycles. The molecule has 96 valence electrons. The minimum atomic E-state index is 0.0495. The van der Waals surface area contributed by atoms with Gasteiger partial charge in [0, 0.05) is 19.7 Å². The van der Waals surface area contributed by atoms with Crippen LogP contribution in [0.15, 0.2) is 12.4 Å². The van der Waals surface area contributed by atoms with E-state index in [-0.39, 0.29) is 5.91 Å². The molecule has 1 unspecified atom stereocenters. The molecule has 0 saturated carbocycles. The highest BCUT2D eigenvalue weighted by atomic mass is 16.1. The first-order chi connectivity index (χ1) is 8.15. The summed E-state index contributed by atoms with van der Waals surface area (Å²) in [6.07, 6.45) is 6.96. The monoisotopic (exact) mass is 238 g/mol. The molecule has 0 aromatic carbocycles. The number of carbonyl (C=O) groups excluding carboxylic acids is 1. The van der Waals surface area contributed by atoms with Gasteiger partial charge in [0.05, 0.1) is 11.9 Å². The highest BCUT2D eigenvalue weighted by Gasteiger charge is 2.09. The fourth-order valence-corrected chi connectivity index (χ4v) is 1.83. The first-order valence-corrected chi connectivity index (χ1v) is 6.14. The van der Waals surface area contributed by atoms with E-state index in [4.69, 9.17) is 5.73 Å². The zero-order valence-electron chi connectivity index (χ0n) is 10.6. The molecule has 0 aliphatic heterocycles. The molecule has 0 aliphatic rings. The number of rotatable bonds is 7. The standard InChI is InChI=1S/C12H22N4O/c1-3-10(6-7-13)4-5-12(17)15-11-8-14-16(2)9-11/h8-10H,3-7,13H2,1-2H3,(H,15,17). The molecule has 0 spiro atoms. The maximum absolute atomic E-state index is 11.7. The van der Waals surface area contributed by atoms with Gasteiger partial charge in [-0.3, -0.25) is 9.48 Å². The van der Waals surface area contributed by atoms with Gasteiger partial charge in [0.25, 0.3) is 0 Å². The summed E-state index contributed by atoms with van der Waals surface area (Å²) in [6, 6.07) is 0. The SMILES string of the molecule is CCC(CCN)CCC(=O)Nc1cnn(C)c1. The largest absolute Gasteiger partial charge is 0.330 e. The predicted octanol–water partition coefficient (Wildman–Crippen LogP) is 1.51. The van der Waals surface area contributed by atoms with Crippen molar-refractivity contribution in [3.63, 3.8) is 0 Å². The van der Waals surface area contributed by atoms with Gasteiger partial charge in [-0.15, -0.1) is 0 Å². The molecule has 0 radical (unpaired) electrons. The molecule has 5 heteroatoms. The topological polar surface area (TPSA) is 72.9 Å². The first kappa shape index (κ1) is 13.7. The van der Waals surface area contributed by atoms with E-state index < -0.39 is 0 Å². The Bertz CT molecular complexity index is 348. The van der Waals surface area contributed by atoms with Crippen LogP contribution in [0.1, 0.15) is 32.6 Å². The second-order valence-corrected chi connectivity index (χ2v) is 4.34. The molecule has 0 aliphatic carbocycles. The van der Waals surface area contributed by atoms with Gasteiger partial charge in [0.1, 0.15) is 0 Å². The third-order valence-corrected chi connectivity index (χ3v) is 2.92. The summed E-state index contributed by atoms with van der Waals surface area (Å²) in [4.78, 5) is 11.7. The van der Waals surface area contributed by atoms with E-state index >= 15 is 0 Å². The third kappa shape index (κ3) is 4.99. The number of nitrogens with zero attached hydrogens (tertiary/aromatic N) is 2. The molecule has 5 nitrogen and oxygen atoms in total. The van der Waals surface area contributed by atoms with Crippen molar-refractivity contribution in [3.05, 3.63) is 12.4 Å². The van der Waals surface area contributed by atoms with Crippen LogP contribution in [-0.2, 0) is 11.8 Å². The van der Waals surface area contributed by atoms with Gasteiger partial charge in [-0.1, -0.05) is 13.3 Å². The minimum absolute atomic E-state index is 0.0495. The Morgan fingerprint density at radius 3 is 2.88 bits per heavy atom. The lowest BCUT2D eigenvalue weighted by Gasteiger charge is -2.12. The van der Waals surface area contributed by atoms with Crippen LogP contribution in [0.3, 0.4) is 0 Å². The number of hydrogen-bond acceptors (Lipinski definition) is 3. The van der Waals surface area contributed by atoms with Gasteiger partial charge in [-0.2, -0.15) is 5.10 Å². The molecule has 1 heterocycles. The average Bonchev–Trinajstić information content (AvgIpc) is 2.70. The van der Waals surface area contributed by atoms with E-state index in [1.165, 1.54) is 0 Å². The van der Waals surface area contributed by atoms with Crippen molar-refractivity contribution in [2.45, 2.75) is 32.6 Å². The predicted molar refractivity (Wildman–Crippen MR) is 68.5 cm³/mol. The number of anilines is 1. The quantitative estimate of drug-likeness (QED) is 0.756. The van der Waals surface area contributed by atoms with Gasteiger partial charge in [0.15, 0.2) is 0 Å². The summed E-state index contributed by atoms with van der Waals surface area (Å²) in [6.45, 7) is 2.84. The normalized spacial score (nSPS) is 12.4. The lowest BCUT2D eigenvalue weighted by Crippen LogP contribution is -2.14. The van der Waals surface area contributed by atoms with Crippen molar-refractivity contribution in [2.75, 3.05) is 11.9 Å². The molecular weight excluding hydrogens is 216 g/mol. The molecule has 0 fully saturated rings. The first-order valence-electron chi connectivity index (χ1n) is 6.14. The van der Waals surface area contributed by atoms with Crippen molar-refractivity contribution < 1.29 is 4.79 Å². The van der Waals surface area contributed by atoms with E-state index in [1.807, 2.05) is 7.05 Å². The highest BCUT2D eigenvalue weighted by Crippen LogP contribution is 2.15. The molecule has 3 N–H and O–H groups in total. The van der Waals surface area contributed by atoms with Crippen LogP contribution in [0.25, 0.3) is 0 Å². The van der Waals surface area contributed by atoms with Crippen LogP contribution in [0, 0.1) is 5.92 Å². The lowest BCUT2D eigenvalue weighted by molar-refractivity contribution is -0.116. The smallest absolute Gasteiger partial charge is 0.224 e. The number of nitrogens with two attached hydrogens (primary N) is 1. The minimum Gasteiger partial charge on any atom is -0.330 e. The summed E-state index contributed by atoms with van der Waals surface area (Å²) in [7, 11) is 1.82. The zero-order valence-corrected chi connectivity index (χ0v) is 10.6. The van der Waals surface area contributed by atoms with Gasteiger partial charge < -0.3 is 11.1 Å². The highest BCUT2D eigenvalue weighted by molar-refractivity contribution is 5.90. The van der Waals surface area contributed by atoms with Crippen molar-refractivity contribution >= 4 is 11.6 Å². The van der Waals surface area contributed by atoms with Crippen LogP contribution < -0.4 is 11.1 Å². The molecule has 1 amide bonds. The fraction of sp³-hybridized carbons (Fsp3) is 0.667. The Morgan fingerprint density at radius 2 is 2.35 bits per heavy atom. The summed E-state index contributed by atoms with van der Waals surface area (Å²) in [5.74, 6) is 0.605. The molecule has 1 rings (SSSR count). The summed E-state index contributed by atoms with van der Waals surface area (Å²) < 4.78 is 1.67. The van der Waals surface area contributed by atoms with Gasteiger partial charge in [0.2, 0.25) is 5.91 Å². The third-order valence-electron chi connectivity index (χ3n) is 2.92. The van der Waals surface area contributed by atoms with Gasteiger partial charge >= 0.3 is 0 Å². The zero-order chi connectivity index (χ0) is 12.7. The molecule has 1 atom stereocenters. The van der Waals surface area contributed by atoms with E-state index in [2.05, 4.69) is 17.3 Å². The number of hydrogen-bond donors (Lipinski definition) is 2. The van der Waals surface area contributed by atoms with Crippen LogP contribution in [-0.4, -0.2) is 22.2 Å². The summed E-state index contributed by atoms with van der Waals surface area (Å²) in [5.41, 5.74) is 6.28. The number of amides is 1. The van der Waals surface area contributed by atoms with E-state index in [1.54, 1.807) is 17.1 Å². The Kier molecular flexibility index (Phi) is 5.69. The number of carbonyl (C=O) groups is 1. The molecule has 1 aromatic rings. The molecular formula is C12H22N4O. The van der Waals surface area contributed by atoms with E-state index in [0.717, 1.165) is 24.9 Å². The summed E-state index contributed by atoms with van der Waals surface area (Å²) in [5, 5.41) is 6.83. The van der Waals surface area contributed by atoms with Gasteiger partial charge in [-0.05, 0) is 25.3 Å². The maximum atomic E-state index is 11.7. The Hall–Kier alpha value is -1.36. The van der Waals surface area contributed by atoms with Crippen molar-refractivity contribution in [1.82, 2.24) is 9.78 Å². The number of aryl methyl sites for hydroxylation is 1. The van der Waals surface area contributed by atoms with Crippen molar-refractivity contribution in [2.24, 2.45) is 18.7 Å². The van der Waals surface area contributed by atoms with Crippen molar-refractivity contribution in [1.29, 1.82) is 0 Å². The Balaban J connectivity index is 2.29. The molecule has 0 bridgehead atoms. The van der Waals surface area contributed by atoms with Gasteiger partial charge in [-0.25, -0.2) is 0 Å². The second-order valence-electron chi connectivity index (χ2n) is 4.34. The number of aromatic nitrogens is 2. The fourth-order valence-electron chi connectivity index (χ4n) is 1.83. The van der Waals surface area contributed by atoms with Crippen molar-refractivity contribution in [3.8, 4) is 0 Å². The van der Waals surface area contributed by atoms with E-state index in [0.29, 0.717) is 18.9 Å². The molecule has 17 heavy (non-hydrogen) atoms. The van der Waals surface area contributed by atoms with Crippen LogP contribution in [0.4, 0.5) is 5.69 Å². The van der Waals surface area contributed by atoms with E-state index in [9.17, 15) is 4.79 Å². The van der Waals surface area contributed by atoms with Crippen LogP contribution in [0.2, 0.25) is 0 Å². The average molecular weight is 238 g/mol. The summed E-state index contributed by atoms with van der Waals surface area (Å²) >= 11 is 0. The second kappa shape index (κ2) is 7.06. The molecule has 0 saturated heterocycles. The Labute approximate surface area is 102 Å². The lowest BCUT2D eigenvalue weighted by atomic mass is 9.96. The maximum Gasteiger partial charge on any atom is 0.224 e. The Morgan fingerprint density at radius 1 is 1.59 bits per heavy atom. The van der Waals surface area contributed by atoms with Crippen LogP contribution in [0.5, 0.6) is 0 Å².